The highest BCUT2D eigenvalue weighted by Crippen LogP contribution is 2.31. The van der Waals surface area contributed by atoms with E-state index < -0.39 is 5.91 Å². The largest absolute Gasteiger partial charge is 0.375 e. The summed E-state index contributed by atoms with van der Waals surface area (Å²) in [5.41, 5.74) is 2.10. The third-order valence-corrected chi connectivity index (χ3v) is 4.58. The van der Waals surface area contributed by atoms with E-state index in [1.165, 1.54) is 12.1 Å². The van der Waals surface area contributed by atoms with Crippen LogP contribution in [-0.2, 0) is 4.79 Å². The van der Waals surface area contributed by atoms with Crippen molar-refractivity contribution in [3.05, 3.63) is 52.0 Å². The maximum Gasteiger partial charge on any atom is 0.257 e. The number of anilines is 3. The first-order chi connectivity index (χ1) is 12.8. The van der Waals surface area contributed by atoms with Crippen LogP contribution in [0.5, 0.6) is 0 Å². The zero-order valence-corrected chi connectivity index (χ0v) is 17.1. The van der Waals surface area contributed by atoms with Crippen molar-refractivity contribution in [2.24, 2.45) is 0 Å². The normalized spacial score (nSPS) is 10.4. The molecule has 0 spiro atoms. The Labute approximate surface area is 169 Å². The molecule has 0 heterocycles. The summed E-state index contributed by atoms with van der Waals surface area (Å²) in [5, 5.41) is 6.09. The molecule has 27 heavy (non-hydrogen) atoms. The number of hydrogen-bond acceptors (Lipinski definition) is 3. The Morgan fingerprint density at radius 2 is 1.81 bits per heavy atom. The number of halogens is 2. The minimum absolute atomic E-state index is 0.206. The summed E-state index contributed by atoms with van der Waals surface area (Å²) in [5.74, 6) is -0.607. The second-order valence-corrected chi connectivity index (χ2v) is 6.97. The quantitative estimate of drug-likeness (QED) is 0.641. The van der Waals surface area contributed by atoms with Crippen molar-refractivity contribution < 1.29 is 9.59 Å². The van der Waals surface area contributed by atoms with Crippen molar-refractivity contribution in [2.75, 3.05) is 29.1 Å². The Balaban J connectivity index is 2.31. The molecule has 2 rings (SSSR count). The van der Waals surface area contributed by atoms with Crippen LogP contribution >= 0.6 is 23.2 Å². The van der Waals surface area contributed by atoms with Gasteiger partial charge in [0.15, 0.2) is 0 Å². The maximum atomic E-state index is 12.8. The van der Waals surface area contributed by atoms with Gasteiger partial charge in [-0.1, -0.05) is 36.2 Å². The van der Waals surface area contributed by atoms with Gasteiger partial charge in [-0.3, -0.25) is 9.59 Å². The van der Waals surface area contributed by atoms with Crippen LogP contribution in [0.1, 0.15) is 37.0 Å². The molecule has 0 saturated heterocycles. The lowest BCUT2D eigenvalue weighted by molar-refractivity contribution is -0.116. The summed E-state index contributed by atoms with van der Waals surface area (Å²) in [6.07, 6.45) is 1.03. The van der Waals surface area contributed by atoms with Crippen molar-refractivity contribution in [1.82, 2.24) is 0 Å². The summed E-state index contributed by atoms with van der Waals surface area (Å²) in [7, 11) is 1.97. The van der Waals surface area contributed by atoms with E-state index in [4.69, 9.17) is 23.2 Å². The van der Waals surface area contributed by atoms with Crippen LogP contribution in [0.3, 0.4) is 0 Å². The van der Waals surface area contributed by atoms with E-state index in [0.29, 0.717) is 23.6 Å². The molecular formula is C20H23Cl2N3O2. The zero-order valence-electron chi connectivity index (χ0n) is 15.6. The highest BCUT2D eigenvalue weighted by atomic mass is 35.5. The average Bonchev–Trinajstić information content (AvgIpc) is 2.63. The predicted octanol–water partition coefficient (Wildman–Crippen LogP) is 5.44. The van der Waals surface area contributed by atoms with E-state index in [1.54, 1.807) is 6.07 Å². The first-order valence-corrected chi connectivity index (χ1v) is 9.52. The lowest BCUT2D eigenvalue weighted by atomic mass is 10.1. The fourth-order valence-corrected chi connectivity index (χ4v) is 3.05. The molecule has 0 fully saturated rings. The molecule has 0 aromatic heterocycles. The second-order valence-electron chi connectivity index (χ2n) is 6.13. The molecule has 2 aromatic carbocycles. The third-order valence-electron chi connectivity index (χ3n) is 4.06. The number of hydrogen-bond donors (Lipinski definition) is 2. The molecule has 144 valence electrons. The van der Waals surface area contributed by atoms with Gasteiger partial charge in [0.25, 0.3) is 5.91 Å². The molecule has 7 heteroatoms. The van der Waals surface area contributed by atoms with Crippen molar-refractivity contribution in [3.8, 4) is 0 Å². The molecule has 2 amide bonds. The SMILES string of the molecule is CCCC(=O)Nc1c(Cl)cc(Cl)cc1C(=O)Nc1cccc(N(C)CC)c1. The predicted molar refractivity (Wildman–Crippen MR) is 113 cm³/mol. The monoisotopic (exact) mass is 407 g/mol. The van der Waals surface area contributed by atoms with Crippen molar-refractivity contribution in [2.45, 2.75) is 26.7 Å². The number of nitrogens with zero attached hydrogens (tertiary/aromatic N) is 1. The number of carbonyl (C=O) groups excluding carboxylic acids is 2. The Kier molecular flexibility index (Phi) is 7.51. The van der Waals surface area contributed by atoms with Gasteiger partial charge in [0.2, 0.25) is 5.91 Å². The van der Waals surface area contributed by atoms with Gasteiger partial charge in [-0.05, 0) is 43.7 Å². The fraction of sp³-hybridized carbons (Fsp3) is 0.300. The number of carbonyl (C=O) groups is 2. The Morgan fingerprint density at radius 3 is 2.48 bits per heavy atom. The Morgan fingerprint density at radius 1 is 1.07 bits per heavy atom. The molecule has 0 unspecified atom stereocenters. The smallest absolute Gasteiger partial charge is 0.257 e. The van der Waals surface area contributed by atoms with Crippen molar-refractivity contribution in [3.63, 3.8) is 0 Å². The molecule has 0 atom stereocenters. The number of nitrogens with one attached hydrogen (secondary N) is 2. The Hall–Kier alpha value is -2.24. The van der Waals surface area contributed by atoms with Crippen LogP contribution < -0.4 is 15.5 Å². The highest BCUT2D eigenvalue weighted by molar-refractivity contribution is 6.38. The maximum absolute atomic E-state index is 12.8. The highest BCUT2D eigenvalue weighted by Gasteiger charge is 2.18. The van der Waals surface area contributed by atoms with Crippen LogP contribution in [-0.4, -0.2) is 25.4 Å². The van der Waals surface area contributed by atoms with Crippen LogP contribution in [0.2, 0.25) is 10.0 Å². The molecule has 0 aliphatic heterocycles. The topological polar surface area (TPSA) is 61.4 Å². The molecule has 0 aliphatic rings. The van der Waals surface area contributed by atoms with Gasteiger partial charge >= 0.3 is 0 Å². The van der Waals surface area contributed by atoms with E-state index in [-0.39, 0.29) is 22.2 Å². The molecule has 2 aromatic rings. The average molecular weight is 408 g/mol. The lowest BCUT2D eigenvalue weighted by Crippen LogP contribution is -2.19. The van der Waals surface area contributed by atoms with Gasteiger partial charge in [0.1, 0.15) is 0 Å². The van der Waals surface area contributed by atoms with E-state index in [2.05, 4.69) is 15.5 Å². The molecule has 2 N–H and O–H groups in total. The number of amides is 2. The summed E-state index contributed by atoms with van der Waals surface area (Å²) in [6.45, 7) is 4.79. The van der Waals surface area contributed by atoms with Crippen LogP contribution in [0, 0.1) is 0 Å². The Bertz CT molecular complexity index is 840. The van der Waals surface area contributed by atoms with Gasteiger partial charge in [0, 0.05) is 36.4 Å². The third kappa shape index (κ3) is 5.62. The van der Waals surface area contributed by atoms with E-state index in [9.17, 15) is 9.59 Å². The van der Waals surface area contributed by atoms with Gasteiger partial charge in [-0.15, -0.1) is 0 Å². The van der Waals surface area contributed by atoms with Crippen LogP contribution in [0.4, 0.5) is 17.1 Å². The number of rotatable bonds is 7. The molecule has 0 aliphatic carbocycles. The minimum atomic E-state index is -0.400. The van der Waals surface area contributed by atoms with Crippen LogP contribution in [0.25, 0.3) is 0 Å². The van der Waals surface area contributed by atoms with Crippen molar-refractivity contribution in [1.29, 1.82) is 0 Å². The molecule has 5 nitrogen and oxygen atoms in total. The first kappa shape index (κ1) is 21.1. The van der Waals surface area contributed by atoms with Gasteiger partial charge in [0.05, 0.1) is 16.3 Å². The van der Waals surface area contributed by atoms with Crippen LogP contribution in [0.15, 0.2) is 36.4 Å². The zero-order chi connectivity index (χ0) is 20.0. The van der Waals surface area contributed by atoms with Gasteiger partial charge in [-0.25, -0.2) is 0 Å². The first-order valence-electron chi connectivity index (χ1n) is 8.77. The van der Waals surface area contributed by atoms with Gasteiger partial charge < -0.3 is 15.5 Å². The molecule has 0 radical (unpaired) electrons. The molecular weight excluding hydrogens is 385 g/mol. The number of benzene rings is 2. The fourth-order valence-electron chi connectivity index (χ4n) is 2.51. The summed E-state index contributed by atoms with van der Waals surface area (Å²) in [6, 6.07) is 10.5. The summed E-state index contributed by atoms with van der Waals surface area (Å²) < 4.78 is 0. The molecule has 0 bridgehead atoms. The second kappa shape index (κ2) is 9.62. The molecule has 0 saturated carbocycles. The standard InChI is InChI=1S/C20H23Cl2N3O2/c1-4-7-18(26)24-19-16(10-13(21)11-17(19)22)20(27)23-14-8-6-9-15(12-14)25(3)5-2/h6,8-12H,4-5,7H2,1-3H3,(H,23,27)(H,24,26). The van der Waals surface area contributed by atoms with Crippen molar-refractivity contribution >= 4 is 52.1 Å². The lowest BCUT2D eigenvalue weighted by Gasteiger charge is -2.18. The minimum Gasteiger partial charge on any atom is -0.375 e. The van der Waals surface area contributed by atoms with E-state index >= 15 is 0 Å². The van der Waals surface area contributed by atoms with Gasteiger partial charge in [-0.2, -0.15) is 0 Å². The van der Waals surface area contributed by atoms with E-state index in [0.717, 1.165) is 12.2 Å². The summed E-state index contributed by atoms with van der Waals surface area (Å²) >= 11 is 12.3. The summed E-state index contributed by atoms with van der Waals surface area (Å²) in [4.78, 5) is 26.9. The van der Waals surface area contributed by atoms with E-state index in [1.807, 2.05) is 39.1 Å².